The summed E-state index contributed by atoms with van der Waals surface area (Å²) >= 11 is 0. The molecule has 0 rings (SSSR count). The summed E-state index contributed by atoms with van der Waals surface area (Å²) in [6, 6.07) is -2.06. The van der Waals surface area contributed by atoms with Gasteiger partial charge in [-0.2, -0.15) is 0 Å². The highest BCUT2D eigenvalue weighted by atomic mass is 16.7. The molecule has 0 aliphatic rings. The molecule has 4 N–H and O–H groups in total. The van der Waals surface area contributed by atoms with E-state index in [1.807, 2.05) is 0 Å². The summed E-state index contributed by atoms with van der Waals surface area (Å²) in [5.74, 6) is -2.82. The van der Waals surface area contributed by atoms with Gasteiger partial charge in [0.15, 0.2) is 10.1 Å². The number of esters is 3. The summed E-state index contributed by atoms with van der Waals surface area (Å²) in [6.45, 7) is -0.0716. The molecule has 0 fully saturated rings. The predicted octanol–water partition coefficient (Wildman–Crippen LogP) is -3.65. The van der Waals surface area contributed by atoms with Gasteiger partial charge in [0.2, 0.25) is 6.67 Å². The first kappa shape index (κ1) is 31.0. The zero-order valence-corrected chi connectivity index (χ0v) is 19.0. The number of hydrogen-bond donors (Lipinski definition) is 4. The maximum Gasteiger partial charge on any atom is 0.387 e. The Bertz CT molecular complexity index is 754. The number of nitrogens with zero attached hydrogens (tertiary/aromatic N) is 5. The Hall–Kier alpha value is -3.95. The molecule has 0 aliphatic heterocycles. The van der Waals surface area contributed by atoms with E-state index in [1.54, 1.807) is 0 Å². The third kappa shape index (κ3) is 14.7. The summed E-state index contributed by atoms with van der Waals surface area (Å²) in [5, 5.41) is 41.8. The zero-order chi connectivity index (χ0) is 27.0. The largest absolute Gasteiger partial charge is 0.450 e. The average molecular weight is 513 g/mol. The zero-order valence-electron chi connectivity index (χ0n) is 19.0. The van der Waals surface area contributed by atoms with Crippen molar-refractivity contribution in [3.63, 3.8) is 0 Å². The molecule has 2 atom stereocenters. The van der Waals surface area contributed by atoms with E-state index in [2.05, 4.69) is 26.0 Å². The van der Waals surface area contributed by atoms with E-state index in [9.17, 15) is 44.7 Å². The number of nitro groups is 3. The first-order chi connectivity index (χ1) is 16.3. The van der Waals surface area contributed by atoms with Gasteiger partial charge in [0.1, 0.15) is 13.4 Å². The molecule has 35 heavy (non-hydrogen) atoms. The van der Waals surface area contributed by atoms with E-state index in [-0.39, 0.29) is 20.1 Å². The molecule has 21 nitrogen and oxygen atoms in total. The Labute approximate surface area is 197 Å². The fraction of sp³-hybridized carbons (Fsp3) is 0.786. The van der Waals surface area contributed by atoms with Crippen molar-refractivity contribution in [2.75, 3.05) is 47.0 Å². The maximum atomic E-state index is 12.2. The van der Waals surface area contributed by atoms with Gasteiger partial charge >= 0.3 is 30.4 Å². The average Bonchev–Trinajstić information content (AvgIpc) is 2.73. The number of carbonyl (C=O) groups is 3. The molecule has 21 heteroatoms. The van der Waals surface area contributed by atoms with Gasteiger partial charge in [-0.15, -0.1) is 5.01 Å². The second kappa shape index (κ2) is 16.6. The van der Waals surface area contributed by atoms with Crippen LogP contribution in [0, 0.1) is 30.3 Å². The maximum absolute atomic E-state index is 12.2. The van der Waals surface area contributed by atoms with E-state index in [4.69, 9.17) is 9.47 Å². The second-order valence-corrected chi connectivity index (χ2v) is 6.41. The number of rotatable bonds is 19. The molecule has 0 amide bonds. The first-order valence-corrected chi connectivity index (χ1v) is 9.59. The third-order valence-corrected chi connectivity index (χ3v) is 3.55. The molecule has 0 spiro atoms. The van der Waals surface area contributed by atoms with Crippen LogP contribution in [0.4, 0.5) is 0 Å². The van der Waals surface area contributed by atoms with Crippen LogP contribution >= 0.6 is 0 Å². The van der Waals surface area contributed by atoms with Crippen LogP contribution in [0.25, 0.3) is 0 Å². The standard InChI is InChI=1S/C14H27N9O12/c1-10(24)33-8-17-5-16-6-18-14(34-11(2)25)35-13(26)12(21(27)28)4-15-7-20(23(31)32)9-19(3)22(29)30/h12,14-18H,4-9H2,1-3H3. The summed E-state index contributed by atoms with van der Waals surface area (Å²) in [6.07, 6.45) is -1.72. The van der Waals surface area contributed by atoms with Gasteiger partial charge in [-0.1, -0.05) is 5.01 Å². The van der Waals surface area contributed by atoms with Gasteiger partial charge in [0, 0.05) is 25.4 Å². The van der Waals surface area contributed by atoms with Crippen LogP contribution in [-0.4, -0.2) is 102 Å². The lowest BCUT2D eigenvalue weighted by molar-refractivity contribution is -0.708. The van der Waals surface area contributed by atoms with Crippen molar-refractivity contribution in [1.82, 2.24) is 31.3 Å². The molecular weight excluding hydrogens is 486 g/mol. The molecule has 2 unspecified atom stereocenters. The number of carbonyl (C=O) groups excluding carboxylic acids is 3. The van der Waals surface area contributed by atoms with Gasteiger partial charge in [-0.05, 0) is 0 Å². The Morgan fingerprint density at radius 1 is 0.914 bits per heavy atom. The molecule has 0 aromatic carbocycles. The molecule has 0 radical (unpaired) electrons. The van der Waals surface area contributed by atoms with Crippen LogP contribution in [0.5, 0.6) is 0 Å². The van der Waals surface area contributed by atoms with Gasteiger partial charge in [-0.3, -0.25) is 35.7 Å². The summed E-state index contributed by atoms with van der Waals surface area (Å²) in [4.78, 5) is 65.9. The van der Waals surface area contributed by atoms with Crippen molar-refractivity contribution in [2.24, 2.45) is 0 Å². The van der Waals surface area contributed by atoms with Crippen LogP contribution in [-0.2, 0) is 28.6 Å². The van der Waals surface area contributed by atoms with Crippen LogP contribution < -0.4 is 21.3 Å². The smallest absolute Gasteiger partial charge is 0.387 e. The van der Waals surface area contributed by atoms with Crippen molar-refractivity contribution in [3.8, 4) is 0 Å². The van der Waals surface area contributed by atoms with Gasteiger partial charge < -0.3 is 14.2 Å². The summed E-state index contributed by atoms with van der Waals surface area (Å²) in [7, 11) is 0.973. The fourth-order valence-corrected chi connectivity index (χ4v) is 1.97. The van der Waals surface area contributed by atoms with Gasteiger partial charge in [0.25, 0.3) is 0 Å². The van der Waals surface area contributed by atoms with E-state index in [1.165, 1.54) is 6.92 Å². The van der Waals surface area contributed by atoms with Gasteiger partial charge in [0.05, 0.1) is 20.3 Å². The molecule has 0 aromatic heterocycles. The van der Waals surface area contributed by atoms with Gasteiger partial charge in [-0.25, -0.2) is 30.3 Å². The van der Waals surface area contributed by atoms with Crippen molar-refractivity contribution in [1.29, 1.82) is 0 Å². The highest BCUT2D eigenvalue weighted by Gasteiger charge is 2.34. The normalized spacial score (nSPS) is 12.1. The molecular formula is C14H27N9O12. The van der Waals surface area contributed by atoms with Crippen LogP contribution in [0.3, 0.4) is 0 Å². The lowest BCUT2D eigenvalue weighted by Crippen LogP contribution is -2.50. The van der Waals surface area contributed by atoms with Crippen molar-refractivity contribution < 1.29 is 43.6 Å². The molecule has 0 saturated heterocycles. The van der Waals surface area contributed by atoms with Crippen molar-refractivity contribution in [3.05, 3.63) is 30.3 Å². The SMILES string of the molecule is CC(=O)OCNCNCNC(OC(C)=O)OC(=O)C(CNCN(CN(C)[N+](=O)[O-])[N+](=O)[O-])[N+](=O)[O-]. The van der Waals surface area contributed by atoms with Crippen molar-refractivity contribution >= 4 is 17.9 Å². The van der Waals surface area contributed by atoms with Crippen LogP contribution in [0.1, 0.15) is 13.8 Å². The van der Waals surface area contributed by atoms with Crippen LogP contribution in [0.15, 0.2) is 0 Å². The van der Waals surface area contributed by atoms with Crippen molar-refractivity contribution in [2.45, 2.75) is 26.3 Å². The Morgan fingerprint density at radius 2 is 1.57 bits per heavy atom. The fourth-order valence-electron chi connectivity index (χ4n) is 1.97. The second-order valence-electron chi connectivity index (χ2n) is 6.41. The van der Waals surface area contributed by atoms with Crippen LogP contribution in [0.2, 0.25) is 0 Å². The monoisotopic (exact) mass is 513 g/mol. The Balaban J connectivity index is 4.79. The number of ether oxygens (including phenoxy) is 3. The minimum atomic E-state index is -2.06. The Kier molecular flexibility index (Phi) is 14.8. The molecule has 0 bridgehead atoms. The van der Waals surface area contributed by atoms with E-state index >= 15 is 0 Å². The highest BCUT2D eigenvalue weighted by molar-refractivity contribution is 5.75. The summed E-state index contributed by atoms with van der Waals surface area (Å²) in [5.41, 5.74) is 0. The summed E-state index contributed by atoms with van der Waals surface area (Å²) < 4.78 is 14.1. The topological polar surface area (TPSA) is 263 Å². The van der Waals surface area contributed by atoms with E-state index in [0.29, 0.717) is 10.0 Å². The lowest BCUT2D eigenvalue weighted by Gasteiger charge is -2.20. The molecule has 200 valence electrons. The highest BCUT2D eigenvalue weighted by Crippen LogP contribution is 2.00. The minimum absolute atomic E-state index is 0.0849. The predicted molar refractivity (Wildman–Crippen MR) is 110 cm³/mol. The Morgan fingerprint density at radius 3 is 2.09 bits per heavy atom. The number of nitrogens with one attached hydrogen (secondary N) is 4. The molecule has 0 aromatic rings. The number of hydrazine groups is 2. The quantitative estimate of drug-likeness (QED) is 0.0426. The minimum Gasteiger partial charge on any atom is -0.450 e. The first-order valence-electron chi connectivity index (χ1n) is 9.59. The molecule has 0 heterocycles. The lowest BCUT2D eigenvalue weighted by atomic mass is 10.3. The molecule has 0 saturated carbocycles. The third-order valence-electron chi connectivity index (χ3n) is 3.55. The number of hydrogen-bond acceptors (Lipinski definition) is 16. The van der Waals surface area contributed by atoms with E-state index in [0.717, 1.165) is 14.0 Å². The van der Waals surface area contributed by atoms with E-state index < -0.39 is 65.2 Å². The molecule has 0 aliphatic carbocycles.